The molecule has 3 heteroatoms. The monoisotopic (exact) mass is 291 g/mol. The SMILES string of the molecule is CCOC(=O)CCCC#CC[C@H]1C[C@H]2C[C@@H]([C@@H]1N)C2(C)C. The van der Waals surface area contributed by atoms with E-state index in [1.807, 2.05) is 6.92 Å². The minimum Gasteiger partial charge on any atom is -0.466 e. The molecule has 0 aliphatic heterocycles. The molecule has 0 unspecified atom stereocenters. The second-order valence-corrected chi connectivity index (χ2v) is 7.15. The summed E-state index contributed by atoms with van der Waals surface area (Å²) in [5, 5.41) is 0. The lowest BCUT2D eigenvalue weighted by molar-refractivity contribution is -0.143. The molecule has 0 aromatic carbocycles. The molecule has 0 aromatic rings. The molecule has 0 aromatic heterocycles. The normalized spacial score (nSPS) is 32.6. The first-order valence-corrected chi connectivity index (χ1v) is 8.33. The molecule has 0 radical (unpaired) electrons. The van der Waals surface area contributed by atoms with E-state index in [9.17, 15) is 4.79 Å². The molecular weight excluding hydrogens is 262 g/mol. The summed E-state index contributed by atoms with van der Waals surface area (Å²) < 4.78 is 4.89. The molecule has 3 nitrogen and oxygen atoms in total. The van der Waals surface area contributed by atoms with Crippen LogP contribution in [-0.2, 0) is 9.53 Å². The molecule has 0 saturated heterocycles. The van der Waals surface area contributed by atoms with Gasteiger partial charge < -0.3 is 10.5 Å². The van der Waals surface area contributed by atoms with E-state index in [2.05, 4.69) is 25.7 Å². The van der Waals surface area contributed by atoms with E-state index in [1.165, 1.54) is 12.8 Å². The van der Waals surface area contributed by atoms with Gasteiger partial charge in [-0.25, -0.2) is 0 Å². The van der Waals surface area contributed by atoms with E-state index >= 15 is 0 Å². The number of hydrogen-bond donors (Lipinski definition) is 1. The average molecular weight is 291 g/mol. The van der Waals surface area contributed by atoms with Crippen LogP contribution in [0.5, 0.6) is 0 Å². The van der Waals surface area contributed by atoms with Gasteiger partial charge in [0.25, 0.3) is 0 Å². The summed E-state index contributed by atoms with van der Waals surface area (Å²) in [6.07, 6.45) is 5.52. The number of hydrogen-bond acceptors (Lipinski definition) is 3. The third-order valence-corrected chi connectivity index (χ3v) is 5.62. The van der Waals surface area contributed by atoms with Crippen molar-refractivity contribution in [3.05, 3.63) is 0 Å². The van der Waals surface area contributed by atoms with Gasteiger partial charge in [-0.2, -0.15) is 0 Å². The fourth-order valence-electron chi connectivity index (χ4n) is 4.03. The van der Waals surface area contributed by atoms with E-state index in [4.69, 9.17) is 10.5 Å². The summed E-state index contributed by atoms with van der Waals surface area (Å²) in [4.78, 5) is 11.2. The van der Waals surface area contributed by atoms with Crippen molar-refractivity contribution in [1.29, 1.82) is 0 Å². The van der Waals surface area contributed by atoms with Crippen LogP contribution < -0.4 is 5.73 Å². The van der Waals surface area contributed by atoms with Gasteiger partial charge >= 0.3 is 5.97 Å². The molecule has 3 fully saturated rings. The van der Waals surface area contributed by atoms with Crippen molar-refractivity contribution < 1.29 is 9.53 Å². The number of unbranched alkanes of at least 4 members (excludes halogenated alkanes) is 1. The number of carbonyl (C=O) groups excluding carboxylic acids is 1. The van der Waals surface area contributed by atoms with Crippen LogP contribution in [-0.4, -0.2) is 18.6 Å². The van der Waals surface area contributed by atoms with Crippen molar-refractivity contribution in [3.8, 4) is 11.8 Å². The minimum absolute atomic E-state index is 0.115. The summed E-state index contributed by atoms with van der Waals surface area (Å²) in [6, 6.07) is 0.318. The van der Waals surface area contributed by atoms with Crippen LogP contribution in [0.4, 0.5) is 0 Å². The summed E-state index contributed by atoms with van der Waals surface area (Å²) in [7, 11) is 0. The summed E-state index contributed by atoms with van der Waals surface area (Å²) in [5.74, 6) is 8.45. The van der Waals surface area contributed by atoms with Crippen molar-refractivity contribution in [1.82, 2.24) is 0 Å². The second-order valence-electron chi connectivity index (χ2n) is 7.15. The van der Waals surface area contributed by atoms with Gasteiger partial charge in [0.2, 0.25) is 0 Å². The predicted molar refractivity (Wildman–Crippen MR) is 84.3 cm³/mol. The highest BCUT2D eigenvalue weighted by Gasteiger charge is 2.56. The number of fused-ring (bicyclic) bond motifs is 2. The van der Waals surface area contributed by atoms with Crippen LogP contribution in [0.15, 0.2) is 0 Å². The van der Waals surface area contributed by atoms with E-state index < -0.39 is 0 Å². The number of ether oxygens (including phenoxy) is 1. The molecule has 0 amide bonds. The fourth-order valence-corrected chi connectivity index (χ4v) is 4.03. The quantitative estimate of drug-likeness (QED) is 0.481. The third kappa shape index (κ3) is 3.61. The van der Waals surface area contributed by atoms with Crippen LogP contribution in [0, 0.1) is 35.0 Å². The van der Waals surface area contributed by atoms with Gasteiger partial charge in [-0.05, 0) is 49.4 Å². The fraction of sp³-hybridized carbons (Fsp3) is 0.833. The van der Waals surface area contributed by atoms with Crippen molar-refractivity contribution in [2.75, 3.05) is 6.61 Å². The van der Waals surface area contributed by atoms with Crippen molar-refractivity contribution >= 4 is 5.97 Å². The lowest BCUT2D eigenvalue weighted by Crippen LogP contribution is -2.61. The van der Waals surface area contributed by atoms with Gasteiger partial charge in [0.15, 0.2) is 0 Å². The Morgan fingerprint density at radius 2 is 2.10 bits per heavy atom. The van der Waals surface area contributed by atoms with Crippen molar-refractivity contribution in [2.24, 2.45) is 28.9 Å². The number of carbonyl (C=O) groups is 1. The Hall–Kier alpha value is -1.01. The average Bonchev–Trinajstić information content (AvgIpc) is 2.43. The van der Waals surface area contributed by atoms with Crippen molar-refractivity contribution in [3.63, 3.8) is 0 Å². The first-order valence-electron chi connectivity index (χ1n) is 8.33. The van der Waals surface area contributed by atoms with Crippen LogP contribution in [0.2, 0.25) is 0 Å². The van der Waals surface area contributed by atoms with E-state index in [1.54, 1.807) is 0 Å². The maximum Gasteiger partial charge on any atom is 0.305 e. The molecule has 21 heavy (non-hydrogen) atoms. The number of nitrogens with two attached hydrogens (primary N) is 1. The molecular formula is C18H29NO2. The molecule has 118 valence electrons. The molecule has 2 N–H and O–H groups in total. The Morgan fingerprint density at radius 1 is 1.33 bits per heavy atom. The standard InChI is InChI=1S/C18H29NO2/c1-4-21-16(20)10-8-6-5-7-9-13-11-14-12-15(17(13)19)18(14,2)3/h13-15,17H,4,6,8-12,19H2,1-3H3/t13-,14-,15-,17+/m0/s1. The zero-order valence-electron chi connectivity index (χ0n) is 13.7. The van der Waals surface area contributed by atoms with E-state index in [-0.39, 0.29) is 5.97 Å². The Labute approximate surface area is 129 Å². The maximum atomic E-state index is 11.2. The molecule has 3 aliphatic rings. The van der Waals surface area contributed by atoms with Gasteiger partial charge in [-0.1, -0.05) is 13.8 Å². The van der Waals surface area contributed by atoms with Crippen LogP contribution >= 0.6 is 0 Å². The van der Waals surface area contributed by atoms with Crippen molar-refractivity contribution in [2.45, 2.75) is 65.3 Å². The Kier molecular flexibility index (Phi) is 5.32. The van der Waals surface area contributed by atoms with Crippen LogP contribution in [0.3, 0.4) is 0 Å². The summed E-state index contributed by atoms with van der Waals surface area (Å²) in [6.45, 7) is 7.02. The Morgan fingerprint density at radius 3 is 2.71 bits per heavy atom. The molecule has 4 atom stereocenters. The highest BCUT2D eigenvalue weighted by molar-refractivity contribution is 5.69. The largest absolute Gasteiger partial charge is 0.466 e. The van der Waals surface area contributed by atoms with Gasteiger partial charge in [-0.3, -0.25) is 4.79 Å². The highest BCUT2D eigenvalue weighted by Crippen LogP contribution is 2.60. The molecule has 0 spiro atoms. The number of esters is 1. The predicted octanol–water partition coefficient (Wildman–Crippen LogP) is 3.12. The van der Waals surface area contributed by atoms with Gasteiger partial charge in [0, 0.05) is 25.3 Å². The van der Waals surface area contributed by atoms with Crippen LogP contribution in [0.25, 0.3) is 0 Å². The highest BCUT2D eigenvalue weighted by atomic mass is 16.5. The number of rotatable bonds is 5. The van der Waals surface area contributed by atoms with Crippen LogP contribution in [0.1, 0.15) is 59.3 Å². The topological polar surface area (TPSA) is 52.3 Å². The van der Waals surface area contributed by atoms with E-state index in [0.29, 0.717) is 36.3 Å². The zero-order valence-corrected chi connectivity index (χ0v) is 13.7. The molecule has 3 aliphatic carbocycles. The molecule has 3 rings (SSSR count). The van der Waals surface area contributed by atoms with Gasteiger partial charge in [0.1, 0.15) is 0 Å². The second kappa shape index (κ2) is 6.83. The Balaban J connectivity index is 1.66. The van der Waals surface area contributed by atoms with Gasteiger partial charge in [-0.15, -0.1) is 11.8 Å². The Bertz CT molecular complexity index is 432. The minimum atomic E-state index is -0.115. The smallest absolute Gasteiger partial charge is 0.305 e. The summed E-state index contributed by atoms with van der Waals surface area (Å²) in [5.41, 5.74) is 6.87. The first-order chi connectivity index (χ1) is 9.96. The lowest BCUT2D eigenvalue weighted by Gasteiger charge is -2.61. The lowest BCUT2D eigenvalue weighted by atomic mass is 9.45. The van der Waals surface area contributed by atoms with E-state index in [0.717, 1.165) is 25.2 Å². The van der Waals surface area contributed by atoms with Gasteiger partial charge in [0.05, 0.1) is 6.61 Å². The maximum absolute atomic E-state index is 11.2. The molecule has 2 bridgehead atoms. The molecule has 3 saturated carbocycles. The third-order valence-electron chi connectivity index (χ3n) is 5.62. The first kappa shape index (κ1) is 16.4. The molecule has 0 heterocycles. The summed E-state index contributed by atoms with van der Waals surface area (Å²) >= 11 is 0. The zero-order chi connectivity index (χ0) is 15.5.